The molecule has 0 saturated carbocycles. The number of aromatic nitrogens is 4. The van der Waals surface area contributed by atoms with Gasteiger partial charge >= 0.3 is 0 Å². The highest BCUT2D eigenvalue weighted by atomic mass is 35.5. The van der Waals surface area contributed by atoms with Crippen LogP contribution in [0.2, 0.25) is 0 Å². The fraction of sp³-hybridized carbons (Fsp3) is 0.389. The third-order valence-corrected chi connectivity index (χ3v) is 4.11. The van der Waals surface area contributed by atoms with Crippen molar-refractivity contribution in [2.75, 3.05) is 18.0 Å². The molecular weight excluding hydrogens is 322 g/mol. The Hall–Kier alpha value is -2.14. The Labute approximate surface area is 149 Å². The molecule has 0 aliphatic carbocycles. The first kappa shape index (κ1) is 18.2. The molecule has 6 heteroatoms. The van der Waals surface area contributed by atoms with Crippen LogP contribution in [0.4, 0.5) is 5.82 Å². The molecule has 3 rings (SSSR count). The van der Waals surface area contributed by atoms with Crippen LogP contribution < -0.4 is 17.3 Å². The Bertz CT molecular complexity index is 781. The lowest BCUT2D eigenvalue weighted by Crippen LogP contribution is -3.00. The second-order valence-corrected chi connectivity index (χ2v) is 5.61. The fourth-order valence-corrected chi connectivity index (χ4v) is 2.85. The molecule has 3 aromatic rings. The minimum absolute atomic E-state index is 0. The van der Waals surface area contributed by atoms with Gasteiger partial charge < -0.3 is 17.3 Å². The molecule has 128 valence electrons. The minimum Gasteiger partial charge on any atom is -1.00 e. The molecule has 0 atom stereocenters. The summed E-state index contributed by atoms with van der Waals surface area (Å²) in [7, 11) is 0. The molecular formula is C18H23ClN5-. The first-order valence-electron chi connectivity index (χ1n) is 8.22. The highest BCUT2D eigenvalue weighted by Crippen LogP contribution is 2.23. The largest absolute Gasteiger partial charge is 1.00 e. The summed E-state index contributed by atoms with van der Waals surface area (Å²) in [6.45, 7) is 8.91. The van der Waals surface area contributed by atoms with E-state index in [2.05, 4.69) is 58.1 Å². The van der Waals surface area contributed by atoms with E-state index in [1.165, 1.54) is 5.56 Å². The molecule has 0 saturated heterocycles. The second kappa shape index (κ2) is 8.11. The molecule has 24 heavy (non-hydrogen) atoms. The van der Waals surface area contributed by atoms with Gasteiger partial charge in [0.25, 0.3) is 0 Å². The fourth-order valence-electron chi connectivity index (χ4n) is 2.85. The van der Waals surface area contributed by atoms with Gasteiger partial charge in [0.2, 0.25) is 0 Å². The predicted molar refractivity (Wildman–Crippen MR) is 93.8 cm³/mol. The summed E-state index contributed by atoms with van der Waals surface area (Å²) in [5.41, 5.74) is 2.24. The van der Waals surface area contributed by atoms with Crippen molar-refractivity contribution in [3.8, 4) is 0 Å². The van der Waals surface area contributed by atoms with Crippen LogP contribution in [0.15, 0.2) is 36.5 Å². The van der Waals surface area contributed by atoms with Crippen LogP contribution in [0.25, 0.3) is 11.0 Å². The lowest BCUT2D eigenvalue weighted by atomic mass is 10.1. The molecule has 0 unspecified atom stereocenters. The summed E-state index contributed by atoms with van der Waals surface area (Å²) in [6.07, 6.45) is 2.84. The Balaban J connectivity index is 0.00000208. The summed E-state index contributed by atoms with van der Waals surface area (Å²) in [5, 5.41) is 5.59. The van der Waals surface area contributed by atoms with Gasteiger partial charge in [-0.2, -0.15) is 5.10 Å². The van der Waals surface area contributed by atoms with E-state index in [9.17, 15) is 0 Å². The average molecular weight is 345 g/mol. The Morgan fingerprint density at radius 3 is 2.42 bits per heavy atom. The topological polar surface area (TPSA) is 46.8 Å². The van der Waals surface area contributed by atoms with Crippen molar-refractivity contribution in [1.82, 2.24) is 19.7 Å². The van der Waals surface area contributed by atoms with Crippen molar-refractivity contribution < 1.29 is 12.4 Å². The van der Waals surface area contributed by atoms with Gasteiger partial charge in [-0.1, -0.05) is 30.3 Å². The molecule has 0 aliphatic rings. The molecule has 0 fully saturated rings. The molecule has 5 nitrogen and oxygen atoms in total. The van der Waals surface area contributed by atoms with Crippen molar-refractivity contribution in [2.45, 2.75) is 33.7 Å². The maximum atomic E-state index is 4.64. The van der Waals surface area contributed by atoms with Gasteiger partial charge in [0.05, 0.1) is 11.6 Å². The molecule has 2 aromatic heterocycles. The maximum absolute atomic E-state index is 4.64. The Morgan fingerprint density at radius 1 is 1.04 bits per heavy atom. The number of hydrogen-bond acceptors (Lipinski definition) is 4. The van der Waals surface area contributed by atoms with Gasteiger partial charge in [-0.05, 0) is 32.8 Å². The standard InChI is InChI=1S/C18H23N5.ClH/c1-4-22(5-2)17-16-13-19-23(18(16)21-14(3)20-17)12-11-15-9-7-6-8-10-15;/h6-10,13H,4-5,11-12H2,1-3H3;1H/p-1. The number of benzene rings is 1. The van der Waals surface area contributed by atoms with Crippen LogP contribution in [0.3, 0.4) is 0 Å². The lowest BCUT2D eigenvalue weighted by molar-refractivity contribution is -0.00000510. The van der Waals surface area contributed by atoms with Gasteiger partial charge in [-0.15, -0.1) is 0 Å². The summed E-state index contributed by atoms with van der Waals surface area (Å²) in [6, 6.07) is 10.5. The number of rotatable bonds is 6. The monoisotopic (exact) mass is 344 g/mol. The van der Waals surface area contributed by atoms with E-state index >= 15 is 0 Å². The normalized spacial score (nSPS) is 10.6. The summed E-state index contributed by atoms with van der Waals surface area (Å²) in [4.78, 5) is 11.5. The summed E-state index contributed by atoms with van der Waals surface area (Å²) in [5.74, 6) is 1.78. The van der Waals surface area contributed by atoms with Gasteiger partial charge in [0, 0.05) is 19.6 Å². The molecule has 0 amide bonds. The smallest absolute Gasteiger partial charge is 0.163 e. The van der Waals surface area contributed by atoms with E-state index in [0.29, 0.717) is 0 Å². The molecule has 0 aliphatic heterocycles. The minimum atomic E-state index is 0. The van der Waals surface area contributed by atoms with Crippen molar-refractivity contribution in [2.24, 2.45) is 0 Å². The summed E-state index contributed by atoms with van der Waals surface area (Å²) < 4.78 is 1.99. The molecule has 1 aromatic carbocycles. The first-order valence-corrected chi connectivity index (χ1v) is 8.22. The van der Waals surface area contributed by atoms with Crippen LogP contribution in [-0.2, 0) is 13.0 Å². The van der Waals surface area contributed by atoms with E-state index < -0.39 is 0 Å². The lowest BCUT2D eigenvalue weighted by Gasteiger charge is -2.20. The zero-order chi connectivity index (χ0) is 16.2. The number of aryl methyl sites for hydroxylation is 3. The quantitative estimate of drug-likeness (QED) is 0.642. The second-order valence-electron chi connectivity index (χ2n) is 5.61. The molecule has 2 heterocycles. The number of anilines is 1. The molecule has 0 N–H and O–H groups in total. The Morgan fingerprint density at radius 2 is 1.75 bits per heavy atom. The Kier molecular flexibility index (Phi) is 6.15. The van der Waals surface area contributed by atoms with Crippen LogP contribution >= 0.6 is 0 Å². The number of fused-ring (bicyclic) bond motifs is 1. The van der Waals surface area contributed by atoms with Gasteiger partial charge in [0.1, 0.15) is 11.6 Å². The van der Waals surface area contributed by atoms with Crippen LogP contribution in [-0.4, -0.2) is 32.8 Å². The SMILES string of the molecule is CCN(CC)c1nc(C)nc2c1cnn2CCc1ccccc1.[Cl-]. The summed E-state index contributed by atoms with van der Waals surface area (Å²) >= 11 is 0. The molecule has 0 spiro atoms. The highest BCUT2D eigenvalue weighted by Gasteiger charge is 2.15. The first-order chi connectivity index (χ1) is 11.2. The van der Waals surface area contributed by atoms with E-state index in [1.54, 1.807) is 0 Å². The van der Waals surface area contributed by atoms with Crippen LogP contribution in [0.1, 0.15) is 25.2 Å². The zero-order valence-corrected chi connectivity index (χ0v) is 15.2. The van der Waals surface area contributed by atoms with Gasteiger partial charge in [-0.25, -0.2) is 14.6 Å². The number of halogens is 1. The van der Waals surface area contributed by atoms with Gasteiger partial charge in [0.15, 0.2) is 5.65 Å². The van der Waals surface area contributed by atoms with Crippen LogP contribution in [0.5, 0.6) is 0 Å². The van der Waals surface area contributed by atoms with E-state index in [1.807, 2.05) is 23.9 Å². The molecule has 0 radical (unpaired) electrons. The third-order valence-electron chi connectivity index (χ3n) is 4.11. The van der Waals surface area contributed by atoms with Crippen molar-refractivity contribution in [3.05, 3.63) is 47.9 Å². The van der Waals surface area contributed by atoms with E-state index in [-0.39, 0.29) is 12.4 Å². The number of nitrogens with zero attached hydrogens (tertiary/aromatic N) is 5. The van der Waals surface area contributed by atoms with Crippen molar-refractivity contribution >= 4 is 16.9 Å². The predicted octanol–water partition coefficient (Wildman–Crippen LogP) is 0.228. The molecule has 0 bridgehead atoms. The van der Waals surface area contributed by atoms with Crippen molar-refractivity contribution in [1.29, 1.82) is 0 Å². The third kappa shape index (κ3) is 3.67. The highest BCUT2D eigenvalue weighted by molar-refractivity contribution is 5.87. The van der Waals surface area contributed by atoms with Crippen molar-refractivity contribution in [3.63, 3.8) is 0 Å². The van der Waals surface area contributed by atoms with E-state index in [0.717, 1.165) is 48.7 Å². The van der Waals surface area contributed by atoms with Gasteiger partial charge in [-0.3, -0.25) is 0 Å². The number of hydrogen-bond donors (Lipinski definition) is 0. The average Bonchev–Trinajstić information content (AvgIpc) is 2.98. The zero-order valence-electron chi connectivity index (χ0n) is 14.4. The van der Waals surface area contributed by atoms with Crippen LogP contribution in [0, 0.1) is 6.92 Å². The van der Waals surface area contributed by atoms with E-state index in [4.69, 9.17) is 0 Å². The maximum Gasteiger partial charge on any atom is 0.163 e.